The number of ether oxygens (including phenoxy) is 2. The van der Waals surface area contributed by atoms with Crippen LogP contribution in [0.25, 0.3) is 6.08 Å². The standard InChI is InChI=1S/C21H22N2O6/c1-22(2)20(26)28-17-11-15(12-18(13-17)29-21(27)23(3)4)19(25)10-7-14-5-8-16(24)9-6-14/h5-13,24H,1-4H3/b10-7+. The molecule has 2 aromatic carbocycles. The van der Waals surface area contributed by atoms with Crippen molar-refractivity contribution in [3.05, 3.63) is 59.7 Å². The van der Waals surface area contributed by atoms with E-state index in [0.29, 0.717) is 5.56 Å². The van der Waals surface area contributed by atoms with E-state index in [1.54, 1.807) is 18.2 Å². The van der Waals surface area contributed by atoms with Crippen molar-refractivity contribution in [1.29, 1.82) is 0 Å². The minimum absolute atomic E-state index is 0.0640. The van der Waals surface area contributed by atoms with Crippen LogP contribution in [-0.4, -0.2) is 61.1 Å². The molecule has 8 heteroatoms. The molecule has 152 valence electrons. The Morgan fingerprint density at radius 1 is 0.828 bits per heavy atom. The Labute approximate surface area is 168 Å². The van der Waals surface area contributed by atoms with E-state index >= 15 is 0 Å². The van der Waals surface area contributed by atoms with Gasteiger partial charge in [-0.25, -0.2) is 9.59 Å². The number of carbonyl (C=O) groups excluding carboxylic acids is 3. The molecule has 0 saturated heterocycles. The average molecular weight is 398 g/mol. The molecular formula is C21H22N2O6. The van der Waals surface area contributed by atoms with Gasteiger partial charge in [0.05, 0.1) is 0 Å². The Morgan fingerprint density at radius 3 is 1.76 bits per heavy atom. The normalized spacial score (nSPS) is 10.5. The highest BCUT2D eigenvalue weighted by Gasteiger charge is 2.15. The summed E-state index contributed by atoms with van der Waals surface area (Å²) in [4.78, 5) is 38.7. The average Bonchev–Trinajstić information content (AvgIpc) is 2.66. The molecule has 0 unspecified atom stereocenters. The van der Waals surface area contributed by atoms with Crippen LogP contribution in [-0.2, 0) is 0 Å². The molecule has 2 aromatic rings. The van der Waals surface area contributed by atoms with Crippen molar-refractivity contribution in [2.45, 2.75) is 0 Å². The molecule has 0 saturated carbocycles. The van der Waals surface area contributed by atoms with Gasteiger partial charge in [-0.05, 0) is 35.9 Å². The largest absolute Gasteiger partial charge is 0.508 e. The summed E-state index contributed by atoms with van der Waals surface area (Å²) in [6.45, 7) is 0. The van der Waals surface area contributed by atoms with Crippen LogP contribution in [0.1, 0.15) is 15.9 Å². The molecule has 0 aliphatic rings. The second kappa shape index (κ2) is 9.41. The highest BCUT2D eigenvalue weighted by Crippen LogP contribution is 2.25. The number of rotatable bonds is 5. The van der Waals surface area contributed by atoms with Gasteiger partial charge in [0.15, 0.2) is 5.78 Å². The van der Waals surface area contributed by atoms with Crippen molar-refractivity contribution in [2.24, 2.45) is 0 Å². The van der Waals surface area contributed by atoms with Gasteiger partial charge in [0, 0.05) is 39.8 Å². The summed E-state index contributed by atoms with van der Waals surface area (Å²) in [5, 5.41) is 9.31. The monoisotopic (exact) mass is 398 g/mol. The zero-order chi connectivity index (χ0) is 21.6. The molecule has 0 bridgehead atoms. The van der Waals surface area contributed by atoms with Gasteiger partial charge in [-0.1, -0.05) is 18.2 Å². The molecular weight excluding hydrogens is 376 g/mol. The lowest BCUT2D eigenvalue weighted by molar-refractivity contribution is 0.104. The van der Waals surface area contributed by atoms with Crippen LogP contribution >= 0.6 is 0 Å². The Bertz CT molecular complexity index is 892. The third-order valence-corrected chi connectivity index (χ3v) is 3.63. The van der Waals surface area contributed by atoms with Gasteiger partial charge >= 0.3 is 12.2 Å². The molecule has 1 N–H and O–H groups in total. The molecule has 29 heavy (non-hydrogen) atoms. The first-order valence-electron chi connectivity index (χ1n) is 8.60. The summed E-state index contributed by atoms with van der Waals surface area (Å²) < 4.78 is 10.4. The van der Waals surface area contributed by atoms with Gasteiger partial charge in [-0.3, -0.25) is 4.79 Å². The van der Waals surface area contributed by atoms with Crippen LogP contribution < -0.4 is 9.47 Å². The maximum atomic E-state index is 12.6. The number of amides is 2. The van der Waals surface area contributed by atoms with E-state index < -0.39 is 12.2 Å². The van der Waals surface area contributed by atoms with Crippen LogP contribution in [0.5, 0.6) is 17.2 Å². The van der Waals surface area contributed by atoms with Gasteiger partial charge in [0.1, 0.15) is 17.2 Å². The van der Waals surface area contributed by atoms with E-state index in [-0.39, 0.29) is 28.6 Å². The molecule has 0 spiro atoms. The quantitative estimate of drug-likeness (QED) is 0.612. The predicted octanol–water partition coefficient (Wildman–Crippen LogP) is 3.41. The maximum Gasteiger partial charge on any atom is 0.414 e. The summed E-state index contributed by atoms with van der Waals surface area (Å²) in [5.41, 5.74) is 0.885. The van der Waals surface area contributed by atoms with Crippen LogP contribution in [0.3, 0.4) is 0 Å². The molecule has 0 aliphatic carbocycles. The van der Waals surface area contributed by atoms with E-state index in [0.717, 1.165) is 0 Å². The zero-order valence-electron chi connectivity index (χ0n) is 16.6. The van der Waals surface area contributed by atoms with Gasteiger partial charge in [0.2, 0.25) is 0 Å². The Balaban J connectivity index is 2.31. The van der Waals surface area contributed by atoms with Crippen LogP contribution in [0.2, 0.25) is 0 Å². The molecule has 8 nitrogen and oxygen atoms in total. The van der Waals surface area contributed by atoms with Crippen molar-refractivity contribution in [3.8, 4) is 17.2 Å². The first-order valence-corrected chi connectivity index (χ1v) is 8.60. The van der Waals surface area contributed by atoms with E-state index in [9.17, 15) is 19.5 Å². The molecule has 0 fully saturated rings. The molecule has 2 amide bonds. The molecule has 0 aliphatic heterocycles. The summed E-state index contributed by atoms with van der Waals surface area (Å²) >= 11 is 0. The van der Waals surface area contributed by atoms with Crippen LogP contribution in [0.4, 0.5) is 9.59 Å². The SMILES string of the molecule is CN(C)C(=O)Oc1cc(OC(=O)N(C)C)cc(C(=O)/C=C/c2ccc(O)cc2)c1. The number of nitrogens with zero attached hydrogens (tertiary/aromatic N) is 2. The van der Waals surface area contributed by atoms with Crippen molar-refractivity contribution in [2.75, 3.05) is 28.2 Å². The zero-order valence-corrected chi connectivity index (χ0v) is 16.6. The lowest BCUT2D eigenvalue weighted by atomic mass is 10.1. The number of hydrogen-bond donors (Lipinski definition) is 1. The first-order chi connectivity index (χ1) is 13.7. The van der Waals surface area contributed by atoms with Gasteiger partial charge in [-0.15, -0.1) is 0 Å². The highest BCUT2D eigenvalue weighted by atomic mass is 16.6. The lowest BCUT2D eigenvalue weighted by Crippen LogP contribution is -2.26. The van der Waals surface area contributed by atoms with Crippen molar-refractivity contribution < 1.29 is 29.0 Å². The summed E-state index contributed by atoms with van der Waals surface area (Å²) in [6.07, 6.45) is 1.63. The molecule has 0 radical (unpaired) electrons. The van der Waals surface area contributed by atoms with E-state index in [1.165, 1.54) is 74.4 Å². The number of allylic oxidation sites excluding steroid dienone is 1. The Morgan fingerprint density at radius 2 is 1.31 bits per heavy atom. The van der Waals surface area contributed by atoms with Crippen LogP contribution in [0.15, 0.2) is 48.5 Å². The topological polar surface area (TPSA) is 96.4 Å². The van der Waals surface area contributed by atoms with E-state index in [1.807, 2.05) is 0 Å². The lowest BCUT2D eigenvalue weighted by Gasteiger charge is -2.14. The van der Waals surface area contributed by atoms with Crippen molar-refractivity contribution in [1.82, 2.24) is 9.80 Å². The highest BCUT2D eigenvalue weighted by molar-refractivity contribution is 6.07. The van der Waals surface area contributed by atoms with E-state index in [4.69, 9.17) is 9.47 Å². The van der Waals surface area contributed by atoms with Gasteiger partial charge in [0.25, 0.3) is 0 Å². The number of phenolic OH excluding ortho intramolecular Hbond substituents is 1. The number of phenols is 1. The summed E-state index contributed by atoms with van der Waals surface area (Å²) in [5.74, 6) is -0.137. The first kappa shape index (κ1) is 21.5. The van der Waals surface area contributed by atoms with Crippen molar-refractivity contribution in [3.63, 3.8) is 0 Å². The van der Waals surface area contributed by atoms with Gasteiger partial charge in [-0.2, -0.15) is 0 Å². The molecule has 2 rings (SSSR count). The predicted molar refractivity (Wildman–Crippen MR) is 107 cm³/mol. The molecule has 0 aromatic heterocycles. The number of aromatic hydroxyl groups is 1. The number of ketones is 1. The third kappa shape index (κ3) is 6.39. The second-order valence-electron chi connectivity index (χ2n) is 6.51. The number of carbonyl (C=O) groups is 3. The minimum Gasteiger partial charge on any atom is -0.508 e. The fraction of sp³-hybridized carbons (Fsp3) is 0.190. The maximum absolute atomic E-state index is 12.6. The summed E-state index contributed by atoms with van der Waals surface area (Å²) in [7, 11) is 6.07. The van der Waals surface area contributed by atoms with Crippen molar-refractivity contribution >= 4 is 24.0 Å². The smallest absolute Gasteiger partial charge is 0.414 e. The number of benzene rings is 2. The van der Waals surface area contributed by atoms with Gasteiger partial charge < -0.3 is 24.4 Å². The fourth-order valence-electron chi connectivity index (χ4n) is 2.07. The molecule has 0 heterocycles. The molecule has 0 atom stereocenters. The second-order valence-corrected chi connectivity index (χ2v) is 6.51. The Kier molecular flexibility index (Phi) is 6.97. The fourth-order valence-corrected chi connectivity index (χ4v) is 2.07. The minimum atomic E-state index is -0.640. The third-order valence-electron chi connectivity index (χ3n) is 3.63. The van der Waals surface area contributed by atoms with E-state index in [2.05, 4.69) is 0 Å². The Hall–Kier alpha value is -3.81. The number of hydrogen-bond acceptors (Lipinski definition) is 6. The van der Waals surface area contributed by atoms with Crippen LogP contribution in [0, 0.1) is 0 Å². The summed E-state index contributed by atoms with van der Waals surface area (Å²) in [6, 6.07) is 10.4.